The van der Waals surface area contributed by atoms with Gasteiger partial charge in [0.1, 0.15) is 56.4 Å². The Labute approximate surface area is 439 Å². The highest BCUT2D eigenvalue weighted by molar-refractivity contribution is 7.82. The molecule has 6 aromatic rings. The molecule has 38 nitrogen and oxygen atoms in total. The molecule has 79 heavy (non-hydrogen) atoms. The maximum atomic E-state index is 14.1. The van der Waals surface area contributed by atoms with Crippen molar-refractivity contribution in [3.05, 3.63) is 81.1 Å². The number of fused-ring (bicyclic) bond motifs is 2. The zero-order valence-electron chi connectivity index (χ0n) is 36.7. The van der Waals surface area contributed by atoms with Crippen LogP contribution in [0.1, 0.15) is 6.42 Å². The molecule has 2 heterocycles. The van der Waals surface area contributed by atoms with Crippen molar-refractivity contribution in [3.63, 3.8) is 0 Å². The Morgan fingerprint density at radius 3 is 0.911 bits per heavy atom. The fourth-order valence-electron chi connectivity index (χ4n) is 6.26. The molecule has 0 atom stereocenters. The first-order valence-electron chi connectivity index (χ1n) is 19.0. The molecule has 0 aliphatic rings. The summed E-state index contributed by atoms with van der Waals surface area (Å²) < 4.78 is 333. The standard InChI is InChI=1S/C33H24O38S8/c34-28-26-22(10-16(66-74(42,43)44)12-24(26)62-30(32(28)70-78(54,55)56)18-4-2-14(64-72(36,37)38)8-20(18)68-76(48,49)50)60-6-1-7-61-23-11-17(67-75(45,46)47)13-25-27(23)29(35)33(71-79(57,58)59)31(63-25)19-5-3-15(65-73(39,40)41)9-21(19)69-77(51,52)53/h2-5,8-13H,1,6-7H2,(H,36,37,38)(H,39,40,41)(H,42,43,44)(H,45,46,47)(H,48,49,50)(H,51,52,53)(H,54,55,56)(H,57,58,59)/p-8. The Bertz CT molecular complexity index is 4260. The van der Waals surface area contributed by atoms with Crippen LogP contribution in [0.5, 0.6) is 57.5 Å². The maximum absolute atomic E-state index is 14.1. The molecule has 0 saturated carbocycles. The molecule has 46 heteroatoms. The Morgan fingerprint density at radius 2 is 0.620 bits per heavy atom. The van der Waals surface area contributed by atoms with Gasteiger partial charge in [-0.3, -0.25) is 9.59 Å². The van der Waals surface area contributed by atoms with E-state index in [9.17, 15) is 113 Å². The minimum absolute atomic E-state index is 0.166. The molecule has 4 aromatic carbocycles. The van der Waals surface area contributed by atoms with Crippen LogP contribution in [0.25, 0.3) is 44.6 Å². The van der Waals surface area contributed by atoms with Crippen LogP contribution in [0.3, 0.4) is 0 Å². The highest BCUT2D eigenvalue weighted by Crippen LogP contribution is 2.44. The van der Waals surface area contributed by atoms with Gasteiger partial charge in [-0.05, 0) is 24.3 Å². The van der Waals surface area contributed by atoms with Crippen molar-refractivity contribution in [3.8, 4) is 80.1 Å². The molecular weight excluding hydrogens is 1260 g/mol. The highest BCUT2D eigenvalue weighted by Gasteiger charge is 2.29. The lowest BCUT2D eigenvalue weighted by Gasteiger charge is -2.19. The maximum Gasteiger partial charge on any atom is 0.262 e. The first-order valence-corrected chi connectivity index (χ1v) is 29.6. The van der Waals surface area contributed by atoms with Gasteiger partial charge in [-0.2, -0.15) is 0 Å². The van der Waals surface area contributed by atoms with E-state index in [1.165, 1.54) is 0 Å². The summed E-state index contributed by atoms with van der Waals surface area (Å²) in [5, 5.41) is -2.20. The van der Waals surface area contributed by atoms with Crippen LogP contribution in [0.2, 0.25) is 0 Å². The zero-order chi connectivity index (χ0) is 59.2. The quantitative estimate of drug-likeness (QED) is 0.0352. The number of hydrogen-bond donors (Lipinski definition) is 0. The molecule has 2 aromatic heterocycles. The van der Waals surface area contributed by atoms with Crippen molar-refractivity contribution in [2.45, 2.75) is 6.42 Å². The summed E-state index contributed by atoms with van der Waals surface area (Å²) in [6, 6.07) is 3.70. The molecule has 0 N–H and O–H groups in total. The Balaban J connectivity index is 1.47. The van der Waals surface area contributed by atoms with Crippen LogP contribution in [0.4, 0.5) is 0 Å². The first kappa shape index (κ1) is 60.8. The molecule has 0 saturated heterocycles. The van der Waals surface area contributed by atoms with E-state index in [2.05, 4.69) is 33.5 Å². The van der Waals surface area contributed by atoms with Gasteiger partial charge in [0.25, 0.3) is 83.2 Å². The second-order valence-corrected chi connectivity index (χ2v) is 21.9. The van der Waals surface area contributed by atoms with Gasteiger partial charge in [-0.25, -0.2) is 67.3 Å². The van der Waals surface area contributed by atoms with Crippen LogP contribution in [-0.2, 0) is 83.2 Å². The Hall–Kier alpha value is -7.42. The van der Waals surface area contributed by atoms with Crippen molar-refractivity contribution in [1.29, 1.82) is 0 Å². The lowest BCUT2D eigenvalue weighted by Crippen LogP contribution is -2.18. The monoisotopic (exact) mass is 1280 g/mol. The SMILES string of the molecule is O=c1c(OS(=O)(=O)[O-])c(-c2ccc(OS(=O)(=O)[O-])cc2OS(=O)(=O)[O-])oc2cc(OS(=O)(=O)[O-])cc(OCCCOc3cc(OS(=O)(=O)[O-])cc4oc(-c5ccc(OS(=O)(=O)[O-])cc5OS(=O)(=O)[O-])c(OS(=O)(=O)[O-])c(=O)c34)c12. The number of rotatable bonds is 24. The van der Waals surface area contributed by atoms with E-state index in [1.807, 2.05) is 0 Å². The van der Waals surface area contributed by atoms with Gasteiger partial charge >= 0.3 is 0 Å². The minimum atomic E-state index is -6.14. The van der Waals surface area contributed by atoms with Gasteiger partial charge in [0.05, 0.1) is 24.3 Å². The predicted molar refractivity (Wildman–Crippen MR) is 234 cm³/mol. The largest absolute Gasteiger partial charge is 0.716 e. The lowest BCUT2D eigenvalue weighted by molar-refractivity contribution is 0.249. The third-order valence-electron chi connectivity index (χ3n) is 8.53. The van der Waals surface area contributed by atoms with Crippen LogP contribution in [0.15, 0.2) is 79.1 Å². The number of ether oxygens (including phenoxy) is 2. The molecule has 0 aliphatic carbocycles. The molecule has 0 bridgehead atoms. The fourth-order valence-corrected chi connectivity index (χ4v) is 9.03. The lowest BCUT2D eigenvalue weighted by atomic mass is 10.1. The summed E-state index contributed by atoms with van der Waals surface area (Å²) in [6.45, 7) is -1.82. The zero-order valence-corrected chi connectivity index (χ0v) is 43.2. The molecule has 6 rings (SSSR count). The summed E-state index contributed by atoms with van der Waals surface area (Å²) in [6.07, 6.45) is -0.655. The summed E-state index contributed by atoms with van der Waals surface area (Å²) in [4.78, 5) is 28.1. The molecule has 0 radical (unpaired) electrons. The van der Waals surface area contributed by atoms with E-state index in [0.717, 1.165) is 0 Å². The van der Waals surface area contributed by atoms with E-state index in [1.54, 1.807) is 0 Å². The molecule has 0 unspecified atom stereocenters. The predicted octanol–water partition coefficient (Wildman–Crippen LogP) is -2.21. The van der Waals surface area contributed by atoms with Gasteiger partial charge in [0.15, 0.2) is 23.0 Å². The Morgan fingerprint density at radius 1 is 0.342 bits per heavy atom. The van der Waals surface area contributed by atoms with E-state index >= 15 is 0 Å². The minimum Gasteiger partial charge on any atom is -0.716 e. The molecule has 0 spiro atoms. The summed E-state index contributed by atoms with van der Waals surface area (Å²) in [5.41, 5.74) is -8.14. The van der Waals surface area contributed by atoms with Gasteiger partial charge in [0, 0.05) is 42.8 Å². The highest BCUT2D eigenvalue weighted by atomic mass is 32.3. The average Bonchev–Trinajstić information content (AvgIpc) is 3.23. The second kappa shape index (κ2) is 21.7. The van der Waals surface area contributed by atoms with Gasteiger partial charge in [-0.15, -0.1) is 0 Å². The molecule has 0 fully saturated rings. The normalized spacial score (nSPS) is 12.9. The van der Waals surface area contributed by atoms with Crippen molar-refractivity contribution in [2.75, 3.05) is 13.2 Å². The van der Waals surface area contributed by atoms with E-state index in [0.29, 0.717) is 48.5 Å². The first-order chi connectivity index (χ1) is 35.9. The van der Waals surface area contributed by atoms with E-state index in [-0.39, 0.29) is 12.1 Å². The van der Waals surface area contributed by atoms with Gasteiger partial charge in [-0.1, -0.05) is 0 Å². The molecule has 0 amide bonds. The third-order valence-corrected chi connectivity index (χ3v) is 11.6. The topological polar surface area (TPSA) is 610 Å². The van der Waals surface area contributed by atoms with Crippen molar-refractivity contribution in [2.24, 2.45) is 0 Å². The van der Waals surface area contributed by atoms with Gasteiger partial charge < -0.3 is 88.2 Å². The Kier molecular flexibility index (Phi) is 16.7. The smallest absolute Gasteiger partial charge is 0.262 e. The molecule has 432 valence electrons. The average molecular weight is 1280 g/mol. The summed E-state index contributed by atoms with van der Waals surface area (Å²) in [7, 11) is -47.2. The van der Waals surface area contributed by atoms with Gasteiger partial charge in [0.2, 0.25) is 22.4 Å². The van der Waals surface area contributed by atoms with Crippen molar-refractivity contribution >= 4 is 105 Å². The van der Waals surface area contributed by atoms with Crippen LogP contribution in [-0.4, -0.2) is 117 Å². The summed E-state index contributed by atoms with van der Waals surface area (Å²) in [5.74, 6) is -15.9. The van der Waals surface area contributed by atoms with Crippen LogP contribution >= 0.6 is 0 Å². The van der Waals surface area contributed by atoms with Crippen molar-refractivity contribution in [1.82, 2.24) is 0 Å². The van der Waals surface area contributed by atoms with E-state index < -0.39 is 216 Å². The second-order valence-electron chi connectivity index (χ2n) is 14.1. The van der Waals surface area contributed by atoms with Crippen molar-refractivity contribution < 1.29 is 156 Å². The van der Waals surface area contributed by atoms with E-state index in [4.69, 9.17) is 18.3 Å². The fraction of sp³-hybridized carbons (Fsp3) is 0.0909. The van der Waals surface area contributed by atoms with Crippen LogP contribution in [0, 0.1) is 0 Å². The third kappa shape index (κ3) is 17.3. The number of benzene rings is 4. The molecule has 0 aliphatic heterocycles. The molecular formula is C33H16O38S8-8. The number of hydrogen-bond acceptors (Lipinski definition) is 38. The van der Waals surface area contributed by atoms with Crippen LogP contribution < -0.4 is 53.8 Å². The summed E-state index contributed by atoms with van der Waals surface area (Å²) >= 11 is 0.